The maximum absolute atomic E-state index is 12.2. The number of carboxylic acids is 1. The maximum Gasteiger partial charge on any atom is 0.347 e. The zero-order valence-electron chi connectivity index (χ0n) is 9.77. The van der Waals surface area contributed by atoms with E-state index in [1.807, 2.05) is 6.92 Å². The maximum atomic E-state index is 12.2. The van der Waals surface area contributed by atoms with E-state index < -0.39 is 5.97 Å². The molecule has 1 N–H and O–H groups in total. The summed E-state index contributed by atoms with van der Waals surface area (Å²) in [6.07, 6.45) is 0.596. The molecule has 2 aromatic rings. The molecule has 2 rings (SSSR count). The Bertz CT molecular complexity index is 669. The van der Waals surface area contributed by atoms with Crippen LogP contribution in [-0.2, 0) is 6.42 Å². The van der Waals surface area contributed by atoms with Crippen LogP contribution in [0, 0.1) is 13.8 Å². The molecule has 0 fully saturated rings. The molecule has 2 aromatic heterocycles. The molecule has 90 valence electrons. The molecule has 0 unspecified atom stereocenters. The van der Waals surface area contributed by atoms with Crippen molar-refractivity contribution in [1.29, 1.82) is 0 Å². The van der Waals surface area contributed by atoms with Crippen molar-refractivity contribution in [2.45, 2.75) is 27.2 Å². The lowest BCUT2D eigenvalue weighted by Crippen LogP contribution is -2.21. The fourth-order valence-corrected chi connectivity index (χ4v) is 2.88. The van der Waals surface area contributed by atoms with Gasteiger partial charge in [-0.1, -0.05) is 18.3 Å². The van der Waals surface area contributed by atoms with Crippen molar-refractivity contribution in [3.8, 4) is 0 Å². The van der Waals surface area contributed by atoms with E-state index in [0.717, 1.165) is 11.3 Å². The van der Waals surface area contributed by atoms with Gasteiger partial charge in [0.1, 0.15) is 4.88 Å². The Balaban J connectivity index is 2.95. The predicted molar refractivity (Wildman–Crippen MR) is 65.2 cm³/mol. The molecule has 5 nitrogen and oxygen atoms in total. The number of nitrogens with zero attached hydrogens (tertiary/aromatic N) is 2. The standard InChI is InChI=1S/C11H12N2O3S/c1-4-7-5(2)12-11-13(9(7)14)6(3)8(17-11)10(15)16/h4H2,1-3H3,(H,15,16). The molecule has 0 aliphatic heterocycles. The molecular weight excluding hydrogens is 240 g/mol. The smallest absolute Gasteiger partial charge is 0.347 e. The lowest BCUT2D eigenvalue weighted by atomic mass is 10.2. The second-order valence-corrected chi connectivity index (χ2v) is 4.75. The lowest BCUT2D eigenvalue weighted by Gasteiger charge is -2.02. The predicted octanol–water partition coefficient (Wildman–Crippen LogP) is 1.63. The molecule has 0 spiro atoms. The molecular formula is C11H12N2O3S. The number of carboxylic acid groups (broad SMARTS) is 1. The van der Waals surface area contributed by atoms with Gasteiger partial charge in [-0.25, -0.2) is 9.78 Å². The van der Waals surface area contributed by atoms with Gasteiger partial charge in [-0.15, -0.1) is 0 Å². The molecule has 17 heavy (non-hydrogen) atoms. The number of fused-ring (bicyclic) bond motifs is 1. The second-order valence-electron chi connectivity index (χ2n) is 3.77. The first-order valence-electron chi connectivity index (χ1n) is 5.22. The topological polar surface area (TPSA) is 71.7 Å². The van der Waals surface area contributed by atoms with Crippen molar-refractivity contribution >= 4 is 22.3 Å². The van der Waals surface area contributed by atoms with Crippen LogP contribution in [0.4, 0.5) is 0 Å². The number of aryl methyl sites for hydroxylation is 2. The minimum atomic E-state index is -1.02. The average molecular weight is 252 g/mol. The first-order chi connectivity index (χ1) is 7.97. The number of rotatable bonds is 2. The summed E-state index contributed by atoms with van der Waals surface area (Å²) in [5.74, 6) is -1.02. The molecule has 0 amide bonds. The van der Waals surface area contributed by atoms with E-state index in [2.05, 4.69) is 4.98 Å². The summed E-state index contributed by atoms with van der Waals surface area (Å²) in [5, 5.41) is 9.02. The molecule has 6 heteroatoms. The molecule has 0 aliphatic rings. The van der Waals surface area contributed by atoms with Crippen molar-refractivity contribution in [2.24, 2.45) is 0 Å². The van der Waals surface area contributed by atoms with Crippen LogP contribution in [0.3, 0.4) is 0 Å². The first-order valence-corrected chi connectivity index (χ1v) is 6.04. The molecule has 0 bridgehead atoms. The molecule has 0 radical (unpaired) electrons. The van der Waals surface area contributed by atoms with Crippen molar-refractivity contribution in [3.05, 3.63) is 32.2 Å². The van der Waals surface area contributed by atoms with Gasteiger partial charge in [0.15, 0.2) is 4.96 Å². The Morgan fingerprint density at radius 3 is 2.65 bits per heavy atom. The quantitative estimate of drug-likeness (QED) is 0.881. The van der Waals surface area contributed by atoms with Gasteiger partial charge in [-0.05, 0) is 20.3 Å². The Kier molecular flexibility index (Phi) is 2.74. The third-order valence-electron chi connectivity index (χ3n) is 2.76. The van der Waals surface area contributed by atoms with Crippen LogP contribution in [0.1, 0.15) is 33.5 Å². The number of aromatic nitrogens is 2. The number of hydrogen-bond donors (Lipinski definition) is 1. The van der Waals surface area contributed by atoms with E-state index >= 15 is 0 Å². The summed E-state index contributed by atoms with van der Waals surface area (Å²) < 4.78 is 1.39. The highest BCUT2D eigenvalue weighted by Gasteiger charge is 2.18. The van der Waals surface area contributed by atoms with Crippen LogP contribution in [0.25, 0.3) is 4.96 Å². The van der Waals surface area contributed by atoms with E-state index in [1.165, 1.54) is 4.40 Å². The highest BCUT2D eigenvalue weighted by Crippen LogP contribution is 2.20. The van der Waals surface area contributed by atoms with E-state index in [9.17, 15) is 9.59 Å². The normalized spacial score (nSPS) is 11.0. The molecule has 0 aliphatic carbocycles. The summed E-state index contributed by atoms with van der Waals surface area (Å²) in [6.45, 7) is 5.29. The summed E-state index contributed by atoms with van der Waals surface area (Å²) >= 11 is 1.03. The molecule has 0 atom stereocenters. The number of thiazole rings is 1. The first kappa shape index (κ1) is 11.8. The Hall–Kier alpha value is -1.69. The van der Waals surface area contributed by atoms with Crippen molar-refractivity contribution in [3.63, 3.8) is 0 Å². The van der Waals surface area contributed by atoms with Gasteiger partial charge in [0.2, 0.25) is 0 Å². The highest BCUT2D eigenvalue weighted by molar-refractivity contribution is 7.18. The minimum Gasteiger partial charge on any atom is -0.477 e. The molecule has 2 heterocycles. The van der Waals surface area contributed by atoms with Gasteiger partial charge in [-0.2, -0.15) is 0 Å². The second kappa shape index (κ2) is 3.96. The van der Waals surface area contributed by atoms with Gasteiger partial charge in [-0.3, -0.25) is 9.20 Å². The Morgan fingerprint density at radius 2 is 2.12 bits per heavy atom. The van der Waals surface area contributed by atoms with Gasteiger partial charge >= 0.3 is 5.97 Å². The summed E-state index contributed by atoms with van der Waals surface area (Å²) in [6, 6.07) is 0. The zero-order valence-corrected chi connectivity index (χ0v) is 10.6. The van der Waals surface area contributed by atoms with E-state index in [4.69, 9.17) is 5.11 Å². The summed E-state index contributed by atoms with van der Waals surface area (Å²) in [4.78, 5) is 28.1. The molecule has 0 saturated heterocycles. The SMILES string of the molecule is CCc1c(C)nc2sc(C(=O)O)c(C)n2c1=O. The largest absolute Gasteiger partial charge is 0.477 e. The van der Waals surface area contributed by atoms with Gasteiger partial charge < -0.3 is 5.11 Å². The van der Waals surface area contributed by atoms with Crippen molar-refractivity contribution in [2.75, 3.05) is 0 Å². The average Bonchev–Trinajstić information content (AvgIpc) is 2.56. The number of hydrogen-bond acceptors (Lipinski definition) is 4. The Labute approximate surface area is 101 Å². The van der Waals surface area contributed by atoms with Crippen LogP contribution >= 0.6 is 11.3 Å². The van der Waals surface area contributed by atoms with Crippen molar-refractivity contribution in [1.82, 2.24) is 9.38 Å². The molecule has 0 saturated carbocycles. The monoisotopic (exact) mass is 252 g/mol. The Morgan fingerprint density at radius 1 is 1.47 bits per heavy atom. The van der Waals surface area contributed by atoms with Crippen LogP contribution in [0.15, 0.2) is 4.79 Å². The zero-order chi connectivity index (χ0) is 12.7. The van der Waals surface area contributed by atoms with Crippen LogP contribution in [0.2, 0.25) is 0 Å². The highest BCUT2D eigenvalue weighted by atomic mass is 32.1. The minimum absolute atomic E-state index is 0.156. The third kappa shape index (κ3) is 1.64. The van der Waals surface area contributed by atoms with E-state index in [0.29, 0.717) is 28.3 Å². The third-order valence-corrected chi connectivity index (χ3v) is 3.89. The fraction of sp³-hybridized carbons (Fsp3) is 0.364. The molecule has 0 aromatic carbocycles. The van der Waals surface area contributed by atoms with Crippen LogP contribution in [-0.4, -0.2) is 20.5 Å². The van der Waals surface area contributed by atoms with Crippen LogP contribution in [0.5, 0.6) is 0 Å². The number of carbonyl (C=O) groups is 1. The van der Waals surface area contributed by atoms with Crippen molar-refractivity contribution < 1.29 is 9.90 Å². The van der Waals surface area contributed by atoms with Crippen LogP contribution < -0.4 is 5.56 Å². The van der Waals surface area contributed by atoms with Gasteiger partial charge in [0.05, 0.1) is 5.69 Å². The number of aromatic carboxylic acids is 1. The summed E-state index contributed by atoms with van der Waals surface area (Å²) in [7, 11) is 0. The summed E-state index contributed by atoms with van der Waals surface area (Å²) in [5.41, 5.74) is 1.61. The van der Waals surface area contributed by atoms with E-state index in [-0.39, 0.29) is 10.4 Å². The van der Waals surface area contributed by atoms with E-state index in [1.54, 1.807) is 13.8 Å². The van der Waals surface area contributed by atoms with Gasteiger partial charge in [0.25, 0.3) is 5.56 Å². The van der Waals surface area contributed by atoms with Gasteiger partial charge in [0, 0.05) is 11.3 Å². The lowest BCUT2D eigenvalue weighted by molar-refractivity contribution is 0.0701. The fourth-order valence-electron chi connectivity index (χ4n) is 1.87.